The van der Waals surface area contributed by atoms with E-state index >= 15 is 0 Å². The lowest BCUT2D eigenvalue weighted by molar-refractivity contribution is -0.268. The summed E-state index contributed by atoms with van der Waals surface area (Å²) in [5, 5.41) is 11.1. The van der Waals surface area contributed by atoms with E-state index in [1.54, 1.807) is 0 Å². The van der Waals surface area contributed by atoms with E-state index in [2.05, 4.69) is 20.8 Å². The SMILES string of the molecule is CC1(C)C2CCC1(C)C(O)(OC(=O)C13C=CC(CC1)O3)C2. The number of rotatable bonds is 2. The molecule has 0 aromatic carbocycles. The number of fused-ring (bicyclic) bond motifs is 4. The fraction of sp³-hybridized carbons (Fsp3) is 0.824. The summed E-state index contributed by atoms with van der Waals surface area (Å²) in [5.41, 5.74) is -1.33. The molecule has 4 heteroatoms. The zero-order chi connectivity index (χ0) is 15.1. The van der Waals surface area contributed by atoms with Gasteiger partial charge in [-0.05, 0) is 43.1 Å². The maximum absolute atomic E-state index is 12.7. The van der Waals surface area contributed by atoms with Gasteiger partial charge in [-0.2, -0.15) is 0 Å². The van der Waals surface area contributed by atoms with E-state index in [0.717, 1.165) is 19.3 Å². The molecule has 4 nitrogen and oxygen atoms in total. The number of esters is 1. The van der Waals surface area contributed by atoms with Crippen molar-refractivity contribution in [1.82, 2.24) is 0 Å². The highest BCUT2D eigenvalue weighted by Crippen LogP contribution is 2.70. The van der Waals surface area contributed by atoms with E-state index < -0.39 is 17.4 Å². The Morgan fingerprint density at radius 1 is 1.29 bits per heavy atom. The summed E-state index contributed by atoms with van der Waals surface area (Å²) in [4.78, 5) is 12.7. The monoisotopic (exact) mass is 292 g/mol. The largest absolute Gasteiger partial charge is 0.430 e. The van der Waals surface area contributed by atoms with Crippen molar-refractivity contribution < 1.29 is 19.4 Å². The van der Waals surface area contributed by atoms with Gasteiger partial charge in [0.15, 0.2) is 5.60 Å². The van der Waals surface area contributed by atoms with Crippen molar-refractivity contribution in [2.75, 3.05) is 0 Å². The average Bonchev–Trinajstić information content (AvgIpc) is 3.11. The Kier molecular flexibility index (Phi) is 2.44. The molecule has 116 valence electrons. The van der Waals surface area contributed by atoms with Crippen LogP contribution in [0.2, 0.25) is 0 Å². The molecule has 1 N–H and O–H groups in total. The van der Waals surface area contributed by atoms with Gasteiger partial charge in [0.2, 0.25) is 5.79 Å². The van der Waals surface area contributed by atoms with Crippen molar-refractivity contribution in [3.05, 3.63) is 12.2 Å². The van der Waals surface area contributed by atoms with E-state index in [1.807, 2.05) is 12.2 Å². The highest BCUT2D eigenvalue weighted by molar-refractivity contribution is 5.83. The van der Waals surface area contributed by atoms with Crippen molar-refractivity contribution in [2.45, 2.75) is 70.4 Å². The van der Waals surface area contributed by atoms with Crippen molar-refractivity contribution in [3.8, 4) is 0 Å². The van der Waals surface area contributed by atoms with E-state index in [4.69, 9.17) is 9.47 Å². The molecule has 0 amide bonds. The Morgan fingerprint density at radius 3 is 2.48 bits per heavy atom. The molecular formula is C17H24O4. The van der Waals surface area contributed by atoms with E-state index in [1.165, 1.54) is 0 Å². The van der Waals surface area contributed by atoms with Crippen molar-refractivity contribution in [1.29, 1.82) is 0 Å². The predicted octanol–water partition coefficient (Wildman–Crippen LogP) is 2.55. The third-order valence-electron chi connectivity index (χ3n) is 7.17. The van der Waals surface area contributed by atoms with Crippen LogP contribution < -0.4 is 0 Å². The summed E-state index contributed by atoms with van der Waals surface area (Å²) < 4.78 is 11.5. The molecule has 0 radical (unpaired) electrons. The lowest BCUT2D eigenvalue weighted by Gasteiger charge is -2.44. The van der Waals surface area contributed by atoms with Crippen molar-refractivity contribution in [2.24, 2.45) is 16.7 Å². The second-order valence-electron chi connectivity index (χ2n) is 8.11. The summed E-state index contributed by atoms with van der Waals surface area (Å²) in [5.74, 6) is -1.36. The van der Waals surface area contributed by atoms with E-state index in [0.29, 0.717) is 18.8 Å². The normalized spacial score (nSPS) is 52.6. The van der Waals surface area contributed by atoms with Gasteiger partial charge in [0, 0.05) is 11.8 Å². The van der Waals surface area contributed by atoms with Gasteiger partial charge in [-0.15, -0.1) is 0 Å². The van der Waals surface area contributed by atoms with Crippen LogP contribution in [0.4, 0.5) is 0 Å². The van der Waals surface area contributed by atoms with Crippen LogP contribution in [-0.4, -0.2) is 28.6 Å². The number of carbonyl (C=O) groups excluding carboxylic acids is 1. The molecule has 2 aliphatic heterocycles. The molecule has 0 aromatic heterocycles. The number of carbonyl (C=O) groups is 1. The fourth-order valence-corrected chi connectivity index (χ4v) is 5.09. The minimum atomic E-state index is -1.36. The Bertz CT molecular complexity index is 539. The summed E-state index contributed by atoms with van der Waals surface area (Å²) in [6.45, 7) is 6.44. The molecule has 2 aliphatic carbocycles. The second-order valence-corrected chi connectivity index (χ2v) is 8.11. The molecule has 2 heterocycles. The average molecular weight is 292 g/mol. The third-order valence-corrected chi connectivity index (χ3v) is 7.17. The fourth-order valence-electron chi connectivity index (χ4n) is 5.09. The van der Waals surface area contributed by atoms with Gasteiger partial charge >= 0.3 is 5.97 Å². The number of hydrogen-bond donors (Lipinski definition) is 1. The summed E-state index contributed by atoms with van der Waals surface area (Å²) in [7, 11) is 0. The zero-order valence-corrected chi connectivity index (χ0v) is 13.0. The lowest BCUT2D eigenvalue weighted by atomic mass is 9.68. The number of hydrogen-bond acceptors (Lipinski definition) is 4. The highest BCUT2D eigenvalue weighted by Gasteiger charge is 2.71. The molecule has 0 aromatic rings. The first-order chi connectivity index (χ1) is 9.73. The third kappa shape index (κ3) is 1.45. The first-order valence-electron chi connectivity index (χ1n) is 8.06. The van der Waals surface area contributed by atoms with Crippen LogP contribution in [0.3, 0.4) is 0 Å². The van der Waals surface area contributed by atoms with Crippen molar-refractivity contribution >= 4 is 5.97 Å². The Labute approximate surface area is 125 Å². The van der Waals surface area contributed by atoms with Crippen LogP contribution in [0.25, 0.3) is 0 Å². The van der Waals surface area contributed by atoms with Crippen LogP contribution in [0.5, 0.6) is 0 Å². The Morgan fingerprint density at radius 2 is 2.05 bits per heavy atom. The van der Waals surface area contributed by atoms with Crippen LogP contribution in [0.1, 0.15) is 52.9 Å². The first kappa shape index (κ1) is 13.8. The smallest absolute Gasteiger partial charge is 0.345 e. The van der Waals surface area contributed by atoms with Gasteiger partial charge in [-0.1, -0.05) is 26.8 Å². The highest BCUT2D eigenvalue weighted by atomic mass is 16.7. The number of ether oxygens (including phenoxy) is 2. The predicted molar refractivity (Wildman–Crippen MR) is 76.2 cm³/mol. The Hall–Kier alpha value is -0.870. The molecule has 4 rings (SSSR count). The second kappa shape index (κ2) is 3.72. The lowest BCUT2D eigenvalue weighted by Crippen LogP contribution is -2.53. The molecular weight excluding hydrogens is 268 g/mol. The first-order valence-corrected chi connectivity index (χ1v) is 8.06. The minimum Gasteiger partial charge on any atom is -0.430 e. The quantitative estimate of drug-likeness (QED) is 0.483. The van der Waals surface area contributed by atoms with Crippen LogP contribution in [-0.2, 0) is 14.3 Å². The zero-order valence-electron chi connectivity index (χ0n) is 13.0. The molecule has 1 saturated heterocycles. The van der Waals surface area contributed by atoms with Gasteiger partial charge < -0.3 is 14.6 Å². The van der Waals surface area contributed by atoms with Gasteiger partial charge in [-0.25, -0.2) is 4.79 Å². The molecule has 0 spiro atoms. The summed E-state index contributed by atoms with van der Waals surface area (Å²) in [6.07, 6.45) is 7.86. The van der Waals surface area contributed by atoms with Crippen LogP contribution in [0.15, 0.2) is 12.2 Å². The van der Waals surface area contributed by atoms with Gasteiger partial charge in [-0.3, -0.25) is 0 Å². The van der Waals surface area contributed by atoms with Gasteiger partial charge in [0.1, 0.15) is 0 Å². The van der Waals surface area contributed by atoms with Crippen LogP contribution >= 0.6 is 0 Å². The maximum atomic E-state index is 12.7. The molecule has 5 atom stereocenters. The standard InChI is InChI=1S/C17H24O4/c1-14(2)11-4-7-15(14,3)17(19,10-11)21-13(18)16-8-5-12(20-16)6-9-16/h5,8,11-12,19H,4,6-7,9-10H2,1-3H3. The van der Waals surface area contributed by atoms with Crippen LogP contribution in [0, 0.1) is 16.7 Å². The maximum Gasteiger partial charge on any atom is 0.345 e. The number of aliphatic hydroxyl groups is 1. The summed E-state index contributed by atoms with van der Waals surface area (Å²) >= 11 is 0. The molecule has 2 saturated carbocycles. The molecule has 5 unspecified atom stereocenters. The minimum absolute atomic E-state index is 0.00964. The Balaban J connectivity index is 1.61. The van der Waals surface area contributed by atoms with Gasteiger partial charge in [0.05, 0.1) is 6.10 Å². The molecule has 21 heavy (non-hydrogen) atoms. The van der Waals surface area contributed by atoms with E-state index in [9.17, 15) is 9.90 Å². The van der Waals surface area contributed by atoms with Crippen molar-refractivity contribution in [3.63, 3.8) is 0 Å². The van der Waals surface area contributed by atoms with E-state index in [-0.39, 0.29) is 16.9 Å². The van der Waals surface area contributed by atoms with Gasteiger partial charge in [0.25, 0.3) is 0 Å². The summed E-state index contributed by atoms with van der Waals surface area (Å²) in [6, 6.07) is 0. The topological polar surface area (TPSA) is 55.8 Å². The molecule has 3 fully saturated rings. The molecule has 4 bridgehead atoms. The molecule has 4 aliphatic rings.